The molecular formula is C34H36F4N6O3. The van der Waals surface area contributed by atoms with E-state index in [1.54, 1.807) is 22.1 Å². The van der Waals surface area contributed by atoms with Crippen LogP contribution in [-0.2, 0) is 17.6 Å². The summed E-state index contributed by atoms with van der Waals surface area (Å²) in [7, 11) is 0. The number of carbonyl (C=O) groups excluding carboxylic acids is 1. The topological polar surface area (TPSA) is 104 Å². The van der Waals surface area contributed by atoms with Gasteiger partial charge in [-0.05, 0) is 62.3 Å². The van der Waals surface area contributed by atoms with Crippen molar-refractivity contribution in [1.29, 1.82) is 0 Å². The molecule has 4 heterocycles. The van der Waals surface area contributed by atoms with Crippen LogP contribution in [-0.4, -0.2) is 67.2 Å². The van der Waals surface area contributed by atoms with E-state index in [0.717, 1.165) is 6.07 Å². The number of amides is 1. The highest BCUT2D eigenvalue weighted by atomic mass is 19.2. The zero-order valence-electron chi connectivity index (χ0n) is 26.6. The predicted molar refractivity (Wildman–Crippen MR) is 172 cm³/mol. The highest BCUT2D eigenvalue weighted by molar-refractivity contribution is 5.90. The Balaban J connectivity index is 2.04. The first kappa shape index (κ1) is 35.0. The molecule has 1 N–H and O–H groups in total. The van der Waals surface area contributed by atoms with Gasteiger partial charge in [-0.15, -0.1) is 6.42 Å². The third-order valence-electron chi connectivity index (χ3n) is 7.97. The van der Waals surface area contributed by atoms with Crippen molar-refractivity contribution in [3.05, 3.63) is 87.8 Å². The Hall–Kier alpha value is -4.83. The molecule has 1 aliphatic rings. The molecule has 3 aromatic rings. The predicted octanol–water partition coefficient (Wildman–Crippen LogP) is 5.15. The van der Waals surface area contributed by atoms with Crippen LogP contribution in [0.25, 0.3) is 16.7 Å². The van der Waals surface area contributed by atoms with Crippen LogP contribution in [0.4, 0.5) is 23.4 Å². The Morgan fingerprint density at radius 2 is 1.94 bits per heavy atom. The smallest absolute Gasteiger partial charge is 0.355 e. The number of fused-ring (bicyclic) bond motifs is 1. The number of pyridine rings is 2. The number of rotatable bonds is 10. The fraction of sp³-hybridized carbons (Fsp3) is 0.382. The molecule has 0 unspecified atom stereocenters. The molecule has 9 nitrogen and oxygen atoms in total. The van der Waals surface area contributed by atoms with Crippen molar-refractivity contribution in [2.45, 2.75) is 65.0 Å². The Labute approximate surface area is 270 Å². The van der Waals surface area contributed by atoms with Crippen LogP contribution in [0.5, 0.6) is 0 Å². The van der Waals surface area contributed by atoms with Crippen molar-refractivity contribution in [1.82, 2.24) is 24.4 Å². The second kappa shape index (κ2) is 14.7. The summed E-state index contributed by atoms with van der Waals surface area (Å²) in [5.41, 5.74) is 0.0206. The number of aliphatic hydroxyl groups excluding tert-OH is 1. The highest BCUT2D eigenvalue weighted by Crippen LogP contribution is 2.33. The SMILES string of the molecule is C#C/C(F)=C\C(F)=C(\F)Cc1nc2c(cc1F)c(N1C[C@@H](C)N(C(=O)C=C)C[C@@H]1C)nc(=O)n2-c1c(CCCO)ccnc1C(C)C. The van der Waals surface area contributed by atoms with Crippen LogP contribution in [0, 0.1) is 18.2 Å². The van der Waals surface area contributed by atoms with Gasteiger partial charge in [-0.2, -0.15) is 9.37 Å². The Morgan fingerprint density at radius 1 is 1.21 bits per heavy atom. The summed E-state index contributed by atoms with van der Waals surface area (Å²) in [4.78, 5) is 43.3. The van der Waals surface area contributed by atoms with Gasteiger partial charge in [-0.1, -0.05) is 20.4 Å². The van der Waals surface area contributed by atoms with Crippen LogP contribution in [0.15, 0.2) is 59.3 Å². The number of allylic oxidation sites excluding steroid dienone is 4. The molecule has 0 saturated carbocycles. The van der Waals surface area contributed by atoms with Gasteiger partial charge in [0, 0.05) is 50.5 Å². The molecule has 1 fully saturated rings. The summed E-state index contributed by atoms with van der Waals surface area (Å²) in [6.07, 6.45) is 7.55. The van der Waals surface area contributed by atoms with Gasteiger partial charge in [0.25, 0.3) is 0 Å². The lowest BCUT2D eigenvalue weighted by Gasteiger charge is -2.44. The summed E-state index contributed by atoms with van der Waals surface area (Å²) in [6.45, 7) is 11.3. The zero-order chi connectivity index (χ0) is 34.6. The molecule has 13 heteroatoms. The van der Waals surface area contributed by atoms with E-state index in [4.69, 9.17) is 6.42 Å². The van der Waals surface area contributed by atoms with Gasteiger partial charge in [0.1, 0.15) is 17.5 Å². The normalized spacial score (nSPS) is 17.6. The average Bonchev–Trinajstić information content (AvgIpc) is 3.04. The number of anilines is 1. The van der Waals surface area contributed by atoms with Gasteiger partial charge in [0.15, 0.2) is 17.3 Å². The molecule has 0 bridgehead atoms. The zero-order valence-corrected chi connectivity index (χ0v) is 26.6. The lowest BCUT2D eigenvalue weighted by molar-refractivity contribution is -0.128. The molecule has 0 radical (unpaired) electrons. The van der Waals surface area contributed by atoms with Gasteiger partial charge in [-0.25, -0.2) is 27.5 Å². The molecule has 0 aromatic carbocycles. The number of hydrogen-bond acceptors (Lipinski definition) is 7. The Morgan fingerprint density at radius 3 is 2.57 bits per heavy atom. The summed E-state index contributed by atoms with van der Waals surface area (Å²) < 4.78 is 59.7. The van der Waals surface area contributed by atoms with E-state index in [9.17, 15) is 27.9 Å². The Bertz CT molecular complexity index is 1860. The molecule has 1 amide bonds. The van der Waals surface area contributed by atoms with Crippen molar-refractivity contribution in [2.75, 3.05) is 24.6 Å². The maximum atomic E-state index is 15.8. The van der Waals surface area contributed by atoms with Crippen molar-refractivity contribution in [2.24, 2.45) is 0 Å². The minimum absolute atomic E-state index is 0.0948. The van der Waals surface area contributed by atoms with E-state index in [2.05, 4.69) is 21.5 Å². The molecule has 3 aromatic heterocycles. The van der Waals surface area contributed by atoms with E-state index >= 15 is 4.39 Å². The first-order valence-electron chi connectivity index (χ1n) is 15.1. The van der Waals surface area contributed by atoms with Crippen LogP contribution < -0.4 is 10.6 Å². The first-order valence-corrected chi connectivity index (χ1v) is 15.1. The molecule has 1 aliphatic heterocycles. The second-order valence-electron chi connectivity index (χ2n) is 11.6. The Kier molecular flexibility index (Phi) is 11.0. The summed E-state index contributed by atoms with van der Waals surface area (Å²) in [5.74, 6) is -4.37. The van der Waals surface area contributed by atoms with Gasteiger partial charge in [-0.3, -0.25) is 9.78 Å². The molecule has 0 aliphatic carbocycles. The van der Waals surface area contributed by atoms with E-state index in [1.807, 2.05) is 27.7 Å². The quantitative estimate of drug-likeness (QED) is 0.140. The summed E-state index contributed by atoms with van der Waals surface area (Å²) >= 11 is 0. The van der Waals surface area contributed by atoms with E-state index in [0.29, 0.717) is 29.8 Å². The lowest BCUT2D eigenvalue weighted by Crippen LogP contribution is -2.58. The maximum Gasteiger partial charge on any atom is 0.355 e. The standard InChI is InChI=1S/C34H36F4N6O3/c1-7-23(35)14-25(36)26(37)16-28-27(38)15-24-32(43-18-20(5)42(17-21(43)6)29(46)8-2)41-34(47)44(33(24)40-28)31-22(10-9-13-45)11-12-39-30(31)19(3)4/h1,8,11-12,14-15,19-21,45H,2,9-10,13,16-18H2,3-6H3/b23-14+,26-25-/t20-,21+/m1/s1. The summed E-state index contributed by atoms with van der Waals surface area (Å²) in [6, 6.07) is 2.04. The summed E-state index contributed by atoms with van der Waals surface area (Å²) in [5, 5.41) is 9.66. The number of aliphatic hydroxyl groups is 1. The number of aryl methyl sites for hydroxylation is 1. The minimum atomic E-state index is -1.63. The molecule has 2 atom stereocenters. The maximum absolute atomic E-state index is 15.8. The largest absolute Gasteiger partial charge is 0.396 e. The van der Waals surface area contributed by atoms with Crippen molar-refractivity contribution >= 4 is 22.8 Å². The van der Waals surface area contributed by atoms with Gasteiger partial charge in [0.05, 0.1) is 22.5 Å². The third kappa shape index (κ3) is 7.28. The van der Waals surface area contributed by atoms with Crippen LogP contribution in [0.2, 0.25) is 0 Å². The van der Waals surface area contributed by atoms with Crippen LogP contribution in [0.3, 0.4) is 0 Å². The monoisotopic (exact) mass is 652 g/mol. The average molecular weight is 653 g/mol. The van der Waals surface area contributed by atoms with Gasteiger partial charge in [0.2, 0.25) is 5.91 Å². The number of piperazine rings is 1. The number of carbonyl (C=O) groups is 1. The number of terminal acetylenes is 1. The molecule has 0 spiro atoms. The molecular weight excluding hydrogens is 616 g/mol. The van der Waals surface area contributed by atoms with E-state index in [1.165, 1.54) is 16.6 Å². The fourth-order valence-corrected chi connectivity index (χ4v) is 5.66. The van der Waals surface area contributed by atoms with Crippen molar-refractivity contribution in [3.8, 4) is 18.0 Å². The number of hydrogen-bond donors (Lipinski definition) is 1. The van der Waals surface area contributed by atoms with Gasteiger partial charge < -0.3 is 14.9 Å². The highest BCUT2D eigenvalue weighted by Gasteiger charge is 2.34. The molecule has 1 saturated heterocycles. The first-order chi connectivity index (χ1) is 22.3. The van der Waals surface area contributed by atoms with Crippen molar-refractivity contribution < 1.29 is 27.5 Å². The van der Waals surface area contributed by atoms with Crippen LogP contribution in [0.1, 0.15) is 57.0 Å². The number of nitrogens with zero attached hydrogens (tertiary/aromatic N) is 6. The molecule has 47 heavy (non-hydrogen) atoms. The van der Waals surface area contributed by atoms with Gasteiger partial charge >= 0.3 is 5.69 Å². The van der Waals surface area contributed by atoms with E-state index in [-0.39, 0.29) is 66.5 Å². The number of aromatic nitrogens is 4. The van der Waals surface area contributed by atoms with E-state index < -0.39 is 41.1 Å². The third-order valence-corrected chi connectivity index (χ3v) is 7.97. The van der Waals surface area contributed by atoms with Crippen LogP contribution >= 0.6 is 0 Å². The lowest BCUT2D eigenvalue weighted by atomic mass is 10.0. The molecule has 4 rings (SSSR count). The fourth-order valence-electron chi connectivity index (χ4n) is 5.66. The minimum Gasteiger partial charge on any atom is -0.396 e. The number of halogens is 4. The second-order valence-corrected chi connectivity index (χ2v) is 11.6. The van der Waals surface area contributed by atoms with Crippen molar-refractivity contribution in [3.63, 3.8) is 0 Å². The molecule has 248 valence electrons.